The molecule has 2 aromatic rings. The van der Waals surface area contributed by atoms with Crippen LogP contribution < -0.4 is 16.1 Å². The lowest BCUT2D eigenvalue weighted by molar-refractivity contribution is -0.0885. The number of alkyl halides is 3. The normalized spacial score (nSPS) is 12.4. The maximum Gasteiger partial charge on any atom is 0.454 e. The number of carbonyl (C=O) groups is 1. The molecule has 2 rings (SSSR count). The molecule has 8 nitrogen and oxygen atoms in total. The first kappa shape index (κ1) is 17.7. The van der Waals surface area contributed by atoms with Gasteiger partial charge in [0, 0.05) is 5.56 Å². The Kier molecular flexibility index (Phi) is 4.04. The fraction of sp³-hybridized carbons (Fsp3) is 0.250. The summed E-state index contributed by atoms with van der Waals surface area (Å²) in [5, 5.41) is -0.455. The van der Waals surface area contributed by atoms with Crippen LogP contribution in [0.5, 0.6) is 0 Å². The Morgan fingerprint density at radius 2 is 1.83 bits per heavy atom. The van der Waals surface area contributed by atoms with Gasteiger partial charge in [0.05, 0.1) is 17.2 Å². The second kappa shape index (κ2) is 5.47. The van der Waals surface area contributed by atoms with Crippen molar-refractivity contribution in [3.63, 3.8) is 0 Å². The maximum atomic E-state index is 12.6. The van der Waals surface area contributed by atoms with Gasteiger partial charge in [-0.3, -0.25) is 9.59 Å². The summed E-state index contributed by atoms with van der Waals surface area (Å²) in [6.07, 6.45) is -4.47. The van der Waals surface area contributed by atoms with E-state index in [1.54, 1.807) is 4.83 Å². The van der Waals surface area contributed by atoms with Crippen molar-refractivity contribution in [3.8, 4) is 0 Å². The van der Waals surface area contributed by atoms with Gasteiger partial charge in [-0.05, 0) is 24.6 Å². The number of aryl methyl sites for hydroxylation is 1. The highest BCUT2D eigenvalue weighted by Crippen LogP contribution is 2.25. The number of H-pyrrole nitrogens is 1. The van der Waals surface area contributed by atoms with Gasteiger partial charge in [-0.25, -0.2) is 18.0 Å². The van der Waals surface area contributed by atoms with E-state index in [1.165, 1.54) is 6.92 Å². The van der Waals surface area contributed by atoms with Crippen molar-refractivity contribution in [1.29, 1.82) is 0 Å². The SMILES string of the molecule is Cc1cc2[nH]c(=O)n(NS(C)(=O)=O)c(=O)c2cc1C(=O)C(F)(F)F. The number of aromatic nitrogens is 2. The number of hydrogen-bond donors (Lipinski definition) is 2. The van der Waals surface area contributed by atoms with Crippen molar-refractivity contribution in [3.05, 3.63) is 44.1 Å². The largest absolute Gasteiger partial charge is 0.454 e. The molecule has 0 atom stereocenters. The highest BCUT2D eigenvalue weighted by Gasteiger charge is 2.40. The van der Waals surface area contributed by atoms with Gasteiger partial charge in [0.15, 0.2) is 0 Å². The van der Waals surface area contributed by atoms with Gasteiger partial charge in [0.2, 0.25) is 10.0 Å². The second-order valence-electron chi connectivity index (χ2n) is 4.97. The van der Waals surface area contributed by atoms with E-state index in [0.29, 0.717) is 12.3 Å². The number of carbonyl (C=O) groups excluding carboxylic acids is 1. The van der Waals surface area contributed by atoms with Gasteiger partial charge < -0.3 is 4.98 Å². The quantitative estimate of drug-likeness (QED) is 0.756. The second-order valence-corrected chi connectivity index (χ2v) is 6.70. The molecule has 130 valence electrons. The third-order valence-electron chi connectivity index (χ3n) is 3.00. The molecule has 0 radical (unpaired) electrons. The summed E-state index contributed by atoms with van der Waals surface area (Å²) in [6, 6.07) is 1.70. The molecule has 0 spiro atoms. The van der Waals surface area contributed by atoms with E-state index in [0.717, 1.165) is 6.07 Å². The van der Waals surface area contributed by atoms with E-state index in [1.807, 2.05) is 0 Å². The fourth-order valence-corrected chi connectivity index (χ4v) is 2.52. The number of aromatic amines is 1. The van der Waals surface area contributed by atoms with Crippen molar-refractivity contribution in [2.45, 2.75) is 13.1 Å². The van der Waals surface area contributed by atoms with E-state index in [-0.39, 0.29) is 15.8 Å². The third kappa shape index (κ3) is 3.32. The van der Waals surface area contributed by atoms with Crippen LogP contribution in [-0.4, -0.2) is 36.3 Å². The first-order valence-corrected chi connectivity index (χ1v) is 8.09. The summed E-state index contributed by atoms with van der Waals surface area (Å²) in [4.78, 5) is 39.1. The molecule has 1 aromatic carbocycles. The van der Waals surface area contributed by atoms with Gasteiger partial charge in [-0.2, -0.15) is 17.8 Å². The molecule has 0 amide bonds. The van der Waals surface area contributed by atoms with Crippen LogP contribution in [0.15, 0.2) is 21.7 Å². The minimum atomic E-state index is -5.15. The Balaban J connectivity index is 2.83. The van der Waals surface area contributed by atoms with Crippen LogP contribution >= 0.6 is 0 Å². The zero-order chi connectivity index (χ0) is 18.4. The standard InChI is InChI=1S/C12H10F3N3O5S/c1-5-3-8-7(4-6(5)9(19)12(13,14)15)10(20)18(11(21)16-8)17-24(2,22)23/h3-4,17H,1-2H3,(H,16,21). The molecule has 24 heavy (non-hydrogen) atoms. The van der Waals surface area contributed by atoms with Crippen molar-refractivity contribution in [2.75, 3.05) is 11.1 Å². The Labute approximate surface area is 131 Å². The molecule has 0 saturated carbocycles. The lowest BCUT2D eigenvalue weighted by Crippen LogP contribution is -2.43. The minimum Gasteiger partial charge on any atom is -0.305 e. The zero-order valence-electron chi connectivity index (χ0n) is 12.2. The summed E-state index contributed by atoms with van der Waals surface area (Å²) in [7, 11) is -4.00. The van der Waals surface area contributed by atoms with E-state index in [4.69, 9.17) is 0 Å². The average molecular weight is 365 g/mol. The number of Topliss-reactive ketones (excluding diaryl/α,β-unsaturated/α-hetero) is 1. The van der Waals surface area contributed by atoms with Gasteiger partial charge in [-0.15, -0.1) is 0 Å². The van der Waals surface area contributed by atoms with E-state index < -0.39 is 44.2 Å². The minimum absolute atomic E-state index is 0.0921. The van der Waals surface area contributed by atoms with Crippen LogP contribution in [0, 0.1) is 6.92 Å². The number of nitrogens with zero attached hydrogens (tertiary/aromatic N) is 1. The number of halogens is 3. The van der Waals surface area contributed by atoms with E-state index in [9.17, 15) is 36.0 Å². The Morgan fingerprint density at radius 1 is 1.25 bits per heavy atom. The Bertz CT molecular complexity index is 1070. The molecule has 12 heteroatoms. The smallest absolute Gasteiger partial charge is 0.305 e. The van der Waals surface area contributed by atoms with E-state index in [2.05, 4.69) is 4.98 Å². The summed E-state index contributed by atoms with van der Waals surface area (Å²) in [5.74, 6) is -2.16. The number of nitrogens with one attached hydrogen (secondary N) is 2. The molecule has 0 aliphatic heterocycles. The lowest BCUT2D eigenvalue weighted by Gasteiger charge is -2.11. The van der Waals surface area contributed by atoms with Gasteiger partial charge in [0.25, 0.3) is 11.3 Å². The number of benzene rings is 1. The zero-order valence-corrected chi connectivity index (χ0v) is 13.0. The topological polar surface area (TPSA) is 118 Å². The lowest BCUT2D eigenvalue weighted by atomic mass is 10.0. The van der Waals surface area contributed by atoms with Crippen LogP contribution in [0.4, 0.5) is 13.2 Å². The summed E-state index contributed by atoms with van der Waals surface area (Å²) in [5.41, 5.74) is -3.35. The van der Waals surface area contributed by atoms with Gasteiger partial charge in [-0.1, -0.05) is 0 Å². The molecule has 0 aliphatic carbocycles. The van der Waals surface area contributed by atoms with Crippen LogP contribution in [0.3, 0.4) is 0 Å². The molecule has 2 N–H and O–H groups in total. The predicted octanol–water partition coefficient (Wildman–Crippen LogP) is 0.246. The fourth-order valence-electron chi connectivity index (χ4n) is 2.02. The summed E-state index contributed by atoms with van der Waals surface area (Å²) >= 11 is 0. The predicted molar refractivity (Wildman–Crippen MR) is 78.2 cm³/mol. The third-order valence-corrected chi connectivity index (χ3v) is 3.52. The van der Waals surface area contributed by atoms with Crippen LogP contribution in [0.2, 0.25) is 0 Å². The Hall–Kier alpha value is -2.63. The highest BCUT2D eigenvalue weighted by atomic mass is 32.2. The first-order valence-electron chi connectivity index (χ1n) is 6.20. The monoisotopic (exact) mass is 365 g/mol. The van der Waals surface area contributed by atoms with Crippen molar-refractivity contribution in [1.82, 2.24) is 9.66 Å². The van der Waals surface area contributed by atoms with E-state index >= 15 is 0 Å². The van der Waals surface area contributed by atoms with Crippen molar-refractivity contribution >= 4 is 26.7 Å². The van der Waals surface area contributed by atoms with Crippen LogP contribution in [-0.2, 0) is 10.0 Å². The first-order chi connectivity index (χ1) is 10.8. The van der Waals surface area contributed by atoms with Crippen LogP contribution in [0.1, 0.15) is 15.9 Å². The Morgan fingerprint density at radius 3 is 2.33 bits per heavy atom. The molecular formula is C12H10F3N3O5S. The molecule has 0 unspecified atom stereocenters. The highest BCUT2D eigenvalue weighted by molar-refractivity contribution is 7.91. The number of fused-ring (bicyclic) bond motifs is 1. The summed E-state index contributed by atoms with van der Waals surface area (Å²) < 4.78 is 60.2. The van der Waals surface area contributed by atoms with Crippen LogP contribution in [0.25, 0.3) is 10.9 Å². The van der Waals surface area contributed by atoms with Crippen molar-refractivity contribution in [2.24, 2.45) is 0 Å². The molecule has 1 heterocycles. The number of hydrogen-bond acceptors (Lipinski definition) is 5. The molecule has 1 aromatic heterocycles. The molecular weight excluding hydrogens is 355 g/mol. The maximum absolute atomic E-state index is 12.6. The van der Waals surface area contributed by atoms with Gasteiger partial charge >= 0.3 is 11.9 Å². The molecule has 0 aliphatic rings. The summed E-state index contributed by atoms with van der Waals surface area (Å²) in [6.45, 7) is 1.21. The number of ketones is 1. The number of sulfonamides is 1. The average Bonchev–Trinajstić information content (AvgIpc) is 2.40. The molecule has 0 bridgehead atoms. The van der Waals surface area contributed by atoms with Crippen molar-refractivity contribution < 1.29 is 26.4 Å². The number of rotatable bonds is 3. The van der Waals surface area contributed by atoms with Gasteiger partial charge in [0.1, 0.15) is 0 Å². The molecule has 0 fully saturated rings. The molecule has 0 saturated heterocycles.